The van der Waals surface area contributed by atoms with E-state index in [0.717, 1.165) is 17.0 Å². The second kappa shape index (κ2) is 10.0. The maximum Gasteiger partial charge on any atom is 0.339 e. The van der Waals surface area contributed by atoms with Crippen LogP contribution in [0.1, 0.15) is 34.2 Å². The van der Waals surface area contributed by atoms with Gasteiger partial charge in [0.05, 0.1) is 26.4 Å². The van der Waals surface area contributed by atoms with E-state index in [1.807, 2.05) is 36.6 Å². The molecule has 0 saturated heterocycles. The van der Waals surface area contributed by atoms with Crippen molar-refractivity contribution in [2.75, 3.05) is 34.4 Å². The first-order valence-corrected chi connectivity index (χ1v) is 9.61. The summed E-state index contributed by atoms with van der Waals surface area (Å²) in [5.74, 6) is 0.963. The van der Waals surface area contributed by atoms with E-state index in [1.54, 1.807) is 39.2 Å². The fraction of sp³-hybridized carbons (Fsp3) is 0.455. The van der Waals surface area contributed by atoms with E-state index >= 15 is 0 Å². The van der Waals surface area contributed by atoms with Crippen LogP contribution in [0.15, 0.2) is 24.3 Å². The third-order valence-electron chi connectivity index (χ3n) is 4.97. The molecule has 7 heteroatoms. The molecular formula is C22H30N2O5. The SMILES string of the molecule is CCOC(=O)c1cc(C)n(CC(=O)N(C)CCc2ccc(OC)c(OC)c2)c1C. The lowest BCUT2D eigenvalue weighted by Gasteiger charge is -2.19. The van der Waals surface area contributed by atoms with Crippen LogP contribution in [0.3, 0.4) is 0 Å². The van der Waals surface area contributed by atoms with Gasteiger partial charge in [0.25, 0.3) is 0 Å². The van der Waals surface area contributed by atoms with Crippen molar-refractivity contribution in [2.45, 2.75) is 33.7 Å². The molecule has 1 aromatic heterocycles. The summed E-state index contributed by atoms with van der Waals surface area (Å²) in [7, 11) is 4.98. The molecule has 1 aromatic carbocycles. The third kappa shape index (κ3) is 5.31. The normalized spacial score (nSPS) is 10.6. The first kappa shape index (κ1) is 22.3. The summed E-state index contributed by atoms with van der Waals surface area (Å²) < 4.78 is 17.5. The minimum absolute atomic E-state index is 0.0253. The van der Waals surface area contributed by atoms with Gasteiger partial charge >= 0.3 is 5.97 Å². The number of methoxy groups -OCH3 is 2. The minimum atomic E-state index is -0.360. The largest absolute Gasteiger partial charge is 0.493 e. The van der Waals surface area contributed by atoms with Crippen LogP contribution >= 0.6 is 0 Å². The number of aromatic nitrogens is 1. The second-order valence-electron chi connectivity index (χ2n) is 6.85. The number of carbonyl (C=O) groups is 2. The van der Waals surface area contributed by atoms with Crippen LogP contribution < -0.4 is 9.47 Å². The number of esters is 1. The molecule has 1 amide bonds. The van der Waals surface area contributed by atoms with Gasteiger partial charge in [-0.3, -0.25) is 4.79 Å². The average Bonchev–Trinajstić information content (AvgIpc) is 3.00. The van der Waals surface area contributed by atoms with Gasteiger partial charge in [-0.15, -0.1) is 0 Å². The van der Waals surface area contributed by atoms with Crippen LogP contribution in [0.25, 0.3) is 0 Å². The van der Waals surface area contributed by atoms with Crippen LogP contribution in [0.2, 0.25) is 0 Å². The number of rotatable bonds is 9. The molecule has 0 radical (unpaired) electrons. The molecule has 0 saturated carbocycles. The highest BCUT2D eigenvalue weighted by Gasteiger charge is 2.19. The Hall–Kier alpha value is -2.96. The molecule has 0 N–H and O–H groups in total. The van der Waals surface area contributed by atoms with E-state index in [0.29, 0.717) is 36.6 Å². The lowest BCUT2D eigenvalue weighted by molar-refractivity contribution is -0.130. The van der Waals surface area contributed by atoms with Gasteiger partial charge in [0.15, 0.2) is 11.5 Å². The van der Waals surface area contributed by atoms with Gasteiger partial charge < -0.3 is 23.7 Å². The molecule has 0 aliphatic carbocycles. The highest BCUT2D eigenvalue weighted by molar-refractivity contribution is 5.91. The van der Waals surface area contributed by atoms with Crippen molar-refractivity contribution in [2.24, 2.45) is 0 Å². The average molecular weight is 402 g/mol. The van der Waals surface area contributed by atoms with Crippen LogP contribution in [0.4, 0.5) is 0 Å². The number of hydrogen-bond donors (Lipinski definition) is 0. The summed E-state index contributed by atoms with van der Waals surface area (Å²) in [5, 5.41) is 0. The van der Waals surface area contributed by atoms with Gasteiger partial charge in [-0.2, -0.15) is 0 Å². The number of likely N-dealkylation sites (N-methyl/N-ethyl adjacent to an activating group) is 1. The molecule has 2 rings (SSSR count). The Morgan fingerprint density at radius 3 is 2.38 bits per heavy atom. The van der Waals surface area contributed by atoms with Crippen LogP contribution in [-0.2, 0) is 22.5 Å². The van der Waals surface area contributed by atoms with Crippen molar-refractivity contribution in [3.8, 4) is 11.5 Å². The van der Waals surface area contributed by atoms with Gasteiger partial charge in [-0.05, 0) is 51.0 Å². The smallest absolute Gasteiger partial charge is 0.339 e. The van der Waals surface area contributed by atoms with Crippen molar-refractivity contribution < 1.29 is 23.8 Å². The molecule has 1 heterocycles. The predicted octanol–water partition coefficient (Wildman–Crippen LogP) is 3.00. The topological polar surface area (TPSA) is 70.0 Å². The highest BCUT2D eigenvalue weighted by atomic mass is 16.5. The summed E-state index contributed by atoms with van der Waals surface area (Å²) in [5.41, 5.74) is 3.15. The van der Waals surface area contributed by atoms with E-state index in [-0.39, 0.29) is 18.4 Å². The van der Waals surface area contributed by atoms with Gasteiger partial charge in [0, 0.05) is 25.0 Å². The molecule has 158 valence electrons. The standard InChI is InChI=1S/C22H30N2O5/c1-7-29-22(26)18-12-15(2)24(16(18)3)14-21(25)23(4)11-10-17-8-9-19(27-5)20(13-17)28-6/h8-9,12-13H,7,10-11,14H2,1-6H3. The van der Waals surface area contributed by atoms with Crippen molar-refractivity contribution in [3.05, 3.63) is 46.8 Å². The molecule has 29 heavy (non-hydrogen) atoms. The zero-order valence-electron chi connectivity index (χ0n) is 18.1. The number of amides is 1. The van der Waals surface area contributed by atoms with Crippen LogP contribution in [0, 0.1) is 13.8 Å². The van der Waals surface area contributed by atoms with E-state index in [9.17, 15) is 9.59 Å². The van der Waals surface area contributed by atoms with Crippen LogP contribution in [0.5, 0.6) is 11.5 Å². The fourth-order valence-electron chi connectivity index (χ4n) is 3.17. The molecule has 0 bridgehead atoms. The van der Waals surface area contributed by atoms with E-state index in [4.69, 9.17) is 14.2 Å². The highest BCUT2D eigenvalue weighted by Crippen LogP contribution is 2.27. The zero-order valence-corrected chi connectivity index (χ0v) is 18.1. The van der Waals surface area contributed by atoms with E-state index in [1.165, 1.54) is 0 Å². The molecule has 7 nitrogen and oxygen atoms in total. The molecule has 0 spiro atoms. The van der Waals surface area contributed by atoms with Crippen molar-refractivity contribution in [1.82, 2.24) is 9.47 Å². The predicted molar refractivity (Wildman–Crippen MR) is 111 cm³/mol. The Labute approximate surface area is 172 Å². The zero-order chi connectivity index (χ0) is 21.6. The van der Waals surface area contributed by atoms with E-state index < -0.39 is 0 Å². The Morgan fingerprint density at radius 2 is 1.76 bits per heavy atom. The van der Waals surface area contributed by atoms with Gasteiger partial charge in [-0.25, -0.2) is 4.79 Å². The first-order valence-electron chi connectivity index (χ1n) is 9.61. The van der Waals surface area contributed by atoms with E-state index in [2.05, 4.69) is 0 Å². The number of carbonyl (C=O) groups excluding carboxylic acids is 2. The number of nitrogens with zero attached hydrogens (tertiary/aromatic N) is 2. The monoisotopic (exact) mass is 402 g/mol. The Morgan fingerprint density at radius 1 is 1.07 bits per heavy atom. The van der Waals surface area contributed by atoms with Crippen molar-refractivity contribution in [3.63, 3.8) is 0 Å². The first-order chi connectivity index (χ1) is 13.8. The Balaban J connectivity index is 2.02. The number of hydrogen-bond acceptors (Lipinski definition) is 5. The Kier molecular flexibility index (Phi) is 7.70. The van der Waals surface area contributed by atoms with Crippen molar-refractivity contribution in [1.29, 1.82) is 0 Å². The van der Waals surface area contributed by atoms with Crippen LogP contribution in [-0.4, -0.2) is 55.8 Å². The Bertz CT molecular complexity index is 872. The number of benzene rings is 1. The summed E-state index contributed by atoms with van der Waals surface area (Å²) in [6.45, 7) is 6.55. The molecular weight excluding hydrogens is 372 g/mol. The van der Waals surface area contributed by atoms with Crippen molar-refractivity contribution >= 4 is 11.9 Å². The van der Waals surface area contributed by atoms with Gasteiger partial charge in [0.2, 0.25) is 5.91 Å². The maximum absolute atomic E-state index is 12.7. The summed E-state index contributed by atoms with van der Waals surface area (Å²) in [6.07, 6.45) is 0.695. The third-order valence-corrected chi connectivity index (χ3v) is 4.97. The lowest BCUT2D eigenvalue weighted by Crippen LogP contribution is -2.32. The summed E-state index contributed by atoms with van der Waals surface area (Å²) in [4.78, 5) is 26.5. The fourth-order valence-corrected chi connectivity index (χ4v) is 3.17. The molecule has 0 fully saturated rings. The molecule has 0 aliphatic heterocycles. The second-order valence-corrected chi connectivity index (χ2v) is 6.85. The molecule has 0 atom stereocenters. The van der Waals surface area contributed by atoms with Gasteiger partial charge in [-0.1, -0.05) is 6.07 Å². The van der Waals surface area contributed by atoms with Gasteiger partial charge in [0.1, 0.15) is 6.54 Å². The minimum Gasteiger partial charge on any atom is -0.493 e. The summed E-state index contributed by atoms with van der Waals surface area (Å²) in [6, 6.07) is 7.51. The lowest BCUT2D eigenvalue weighted by atomic mass is 10.1. The maximum atomic E-state index is 12.7. The molecule has 2 aromatic rings. The quantitative estimate of drug-likeness (QED) is 0.603. The molecule has 0 unspecified atom stereocenters. The molecule has 0 aliphatic rings. The number of aryl methyl sites for hydroxylation is 1. The number of ether oxygens (including phenoxy) is 3. The summed E-state index contributed by atoms with van der Waals surface area (Å²) >= 11 is 0.